The molecule has 0 aromatic rings. The molecule has 1 aliphatic rings. The summed E-state index contributed by atoms with van der Waals surface area (Å²) in [6.45, 7) is 10.9. The second-order valence-electron chi connectivity index (χ2n) is 4.72. The van der Waals surface area contributed by atoms with Crippen LogP contribution in [0.5, 0.6) is 0 Å². The predicted molar refractivity (Wildman–Crippen MR) is 55.7 cm³/mol. The van der Waals surface area contributed by atoms with Crippen LogP contribution in [0.4, 0.5) is 0 Å². The molecule has 0 amide bonds. The van der Waals surface area contributed by atoms with E-state index in [1.165, 1.54) is 6.42 Å². The molecule has 4 atom stereocenters. The molecule has 4 unspecified atom stereocenters. The van der Waals surface area contributed by atoms with Crippen LogP contribution in [0.3, 0.4) is 0 Å². The summed E-state index contributed by atoms with van der Waals surface area (Å²) in [7, 11) is 0. The van der Waals surface area contributed by atoms with E-state index in [-0.39, 0.29) is 6.10 Å². The lowest BCUT2D eigenvalue weighted by molar-refractivity contribution is 0.0316. The smallest absolute Gasteiger partial charge is 0.0664 e. The number of hydrogen-bond acceptors (Lipinski definition) is 2. The molecule has 0 radical (unpaired) electrons. The third-order valence-electron chi connectivity index (χ3n) is 3.64. The van der Waals surface area contributed by atoms with Crippen molar-refractivity contribution in [2.24, 2.45) is 11.8 Å². The number of likely N-dealkylation sites (tertiary alicyclic amines) is 1. The summed E-state index contributed by atoms with van der Waals surface area (Å²) in [5.41, 5.74) is 0. The first-order valence-electron chi connectivity index (χ1n) is 5.44. The Morgan fingerprint density at radius 2 is 1.85 bits per heavy atom. The molecule has 0 spiro atoms. The standard InChI is InChI=1S/C11H23NO/c1-8-5-6-12(7-9(8)2)10(3)11(4)13/h8-11,13H,5-7H2,1-4H3. The molecule has 1 N–H and O–H groups in total. The number of aliphatic hydroxyl groups is 1. The molecule has 0 bridgehead atoms. The monoisotopic (exact) mass is 185 g/mol. The first-order chi connectivity index (χ1) is 6.02. The fourth-order valence-electron chi connectivity index (χ4n) is 1.97. The summed E-state index contributed by atoms with van der Waals surface area (Å²) >= 11 is 0. The molecule has 2 heteroatoms. The van der Waals surface area contributed by atoms with Crippen molar-refractivity contribution in [2.45, 2.75) is 46.3 Å². The molecule has 0 saturated carbocycles. The average Bonchev–Trinajstić information content (AvgIpc) is 2.08. The Kier molecular flexibility index (Phi) is 3.74. The highest BCUT2D eigenvalue weighted by Crippen LogP contribution is 2.24. The van der Waals surface area contributed by atoms with Crippen molar-refractivity contribution in [1.82, 2.24) is 4.90 Å². The zero-order chi connectivity index (χ0) is 10.0. The van der Waals surface area contributed by atoms with Crippen molar-refractivity contribution in [3.05, 3.63) is 0 Å². The molecule has 0 aliphatic carbocycles. The van der Waals surface area contributed by atoms with E-state index < -0.39 is 0 Å². The van der Waals surface area contributed by atoms with E-state index in [0.29, 0.717) is 6.04 Å². The Morgan fingerprint density at radius 1 is 1.23 bits per heavy atom. The zero-order valence-electron chi connectivity index (χ0n) is 9.33. The van der Waals surface area contributed by atoms with Gasteiger partial charge in [-0.25, -0.2) is 0 Å². The number of nitrogens with zero attached hydrogens (tertiary/aromatic N) is 1. The van der Waals surface area contributed by atoms with Gasteiger partial charge < -0.3 is 5.11 Å². The largest absolute Gasteiger partial charge is 0.392 e. The van der Waals surface area contributed by atoms with Crippen LogP contribution in [-0.2, 0) is 0 Å². The van der Waals surface area contributed by atoms with Crippen LogP contribution in [0, 0.1) is 11.8 Å². The van der Waals surface area contributed by atoms with Crippen molar-refractivity contribution in [1.29, 1.82) is 0 Å². The third-order valence-corrected chi connectivity index (χ3v) is 3.64. The lowest BCUT2D eigenvalue weighted by Gasteiger charge is -2.39. The molecule has 1 heterocycles. The fourth-order valence-corrected chi connectivity index (χ4v) is 1.97. The van der Waals surface area contributed by atoms with Crippen LogP contribution in [0.1, 0.15) is 34.1 Å². The molecular formula is C11H23NO. The minimum absolute atomic E-state index is 0.208. The van der Waals surface area contributed by atoms with E-state index in [1.54, 1.807) is 0 Å². The van der Waals surface area contributed by atoms with Crippen molar-refractivity contribution < 1.29 is 5.11 Å². The van der Waals surface area contributed by atoms with Gasteiger partial charge in [0.25, 0.3) is 0 Å². The van der Waals surface area contributed by atoms with E-state index in [4.69, 9.17) is 0 Å². The number of aliphatic hydroxyl groups excluding tert-OH is 1. The summed E-state index contributed by atoms with van der Waals surface area (Å²) in [5, 5.41) is 9.48. The van der Waals surface area contributed by atoms with E-state index in [2.05, 4.69) is 25.7 Å². The quantitative estimate of drug-likeness (QED) is 0.708. The van der Waals surface area contributed by atoms with E-state index in [1.807, 2.05) is 6.92 Å². The van der Waals surface area contributed by atoms with Gasteiger partial charge in [0.15, 0.2) is 0 Å². The summed E-state index contributed by atoms with van der Waals surface area (Å²) < 4.78 is 0. The van der Waals surface area contributed by atoms with Crippen LogP contribution in [0.25, 0.3) is 0 Å². The van der Waals surface area contributed by atoms with Crippen molar-refractivity contribution in [3.8, 4) is 0 Å². The first kappa shape index (κ1) is 11.0. The maximum absolute atomic E-state index is 9.48. The lowest BCUT2D eigenvalue weighted by Crippen LogP contribution is -2.47. The van der Waals surface area contributed by atoms with Crippen LogP contribution in [-0.4, -0.2) is 35.2 Å². The van der Waals surface area contributed by atoms with Gasteiger partial charge >= 0.3 is 0 Å². The number of rotatable bonds is 2. The molecule has 1 rings (SSSR count). The highest BCUT2D eigenvalue weighted by molar-refractivity contribution is 4.80. The van der Waals surface area contributed by atoms with E-state index in [9.17, 15) is 5.11 Å². The Hall–Kier alpha value is -0.0800. The minimum Gasteiger partial charge on any atom is -0.392 e. The normalized spacial score (nSPS) is 35.8. The molecule has 13 heavy (non-hydrogen) atoms. The van der Waals surface area contributed by atoms with Crippen molar-refractivity contribution in [3.63, 3.8) is 0 Å². The topological polar surface area (TPSA) is 23.5 Å². The Balaban J connectivity index is 2.45. The minimum atomic E-state index is -0.208. The summed E-state index contributed by atoms with van der Waals surface area (Å²) in [6, 6.07) is 0.315. The molecule has 1 aliphatic heterocycles. The molecule has 0 aromatic heterocycles. The van der Waals surface area contributed by atoms with Gasteiger partial charge in [-0.15, -0.1) is 0 Å². The molecule has 2 nitrogen and oxygen atoms in total. The van der Waals surface area contributed by atoms with Crippen LogP contribution < -0.4 is 0 Å². The molecule has 0 aromatic carbocycles. The van der Waals surface area contributed by atoms with Crippen LogP contribution in [0.15, 0.2) is 0 Å². The summed E-state index contributed by atoms with van der Waals surface area (Å²) in [6.07, 6.45) is 1.07. The van der Waals surface area contributed by atoms with Gasteiger partial charge in [-0.05, 0) is 38.6 Å². The molecule has 1 fully saturated rings. The Labute approximate surface area is 81.9 Å². The van der Waals surface area contributed by atoms with Gasteiger partial charge in [-0.2, -0.15) is 0 Å². The van der Waals surface area contributed by atoms with Crippen molar-refractivity contribution in [2.75, 3.05) is 13.1 Å². The van der Waals surface area contributed by atoms with Gasteiger partial charge in [0.2, 0.25) is 0 Å². The summed E-state index contributed by atoms with van der Waals surface area (Å²) in [5.74, 6) is 1.62. The van der Waals surface area contributed by atoms with Crippen LogP contribution >= 0.6 is 0 Å². The van der Waals surface area contributed by atoms with Crippen LogP contribution in [0.2, 0.25) is 0 Å². The maximum Gasteiger partial charge on any atom is 0.0664 e. The lowest BCUT2D eigenvalue weighted by atomic mass is 9.88. The Morgan fingerprint density at radius 3 is 2.31 bits per heavy atom. The fraction of sp³-hybridized carbons (Fsp3) is 1.00. The van der Waals surface area contributed by atoms with E-state index in [0.717, 1.165) is 24.9 Å². The first-order valence-corrected chi connectivity index (χ1v) is 5.44. The van der Waals surface area contributed by atoms with Gasteiger partial charge in [0.1, 0.15) is 0 Å². The van der Waals surface area contributed by atoms with Crippen molar-refractivity contribution >= 4 is 0 Å². The second kappa shape index (κ2) is 4.43. The Bertz CT molecular complexity index is 158. The predicted octanol–water partition coefficient (Wildman–Crippen LogP) is 1.73. The maximum atomic E-state index is 9.48. The van der Waals surface area contributed by atoms with Gasteiger partial charge in [0.05, 0.1) is 6.10 Å². The van der Waals surface area contributed by atoms with Gasteiger partial charge in [0, 0.05) is 12.6 Å². The SMILES string of the molecule is CC(O)C(C)N1CCC(C)C(C)C1. The van der Waals surface area contributed by atoms with E-state index >= 15 is 0 Å². The molecule has 1 saturated heterocycles. The summed E-state index contributed by atoms with van der Waals surface area (Å²) in [4.78, 5) is 2.41. The molecular weight excluding hydrogens is 162 g/mol. The highest BCUT2D eigenvalue weighted by Gasteiger charge is 2.27. The third kappa shape index (κ3) is 2.68. The van der Waals surface area contributed by atoms with Gasteiger partial charge in [-0.1, -0.05) is 13.8 Å². The molecule has 78 valence electrons. The highest BCUT2D eigenvalue weighted by atomic mass is 16.3. The zero-order valence-corrected chi connectivity index (χ0v) is 9.33. The van der Waals surface area contributed by atoms with Gasteiger partial charge in [-0.3, -0.25) is 4.90 Å². The number of piperidine rings is 1. The number of hydrogen-bond donors (Lipinski definition) is 1. The second-order valence-corrected chi connectivity index (χ2v) is 4.72. The average molecular weight is 185 g/mol.